The summed E-state index contributed by atoms with van der Waals surface area (Å²) in [6.45, 7) is 7.92. The van der Waals surface area contributed by atoms with Crippen LogP contribution < -0.4 is 0 Å². The van der Waals surface area contributed by atoms with Gasteiger partial charge in [-0.2, -0.15) is 0 Å². The lowest BCUT2D eigenvalue weighted by atomic mass is 9.96. The van der Waals surface area contributed by atoms with E-state index in [1.165, 1.54) is 12.1 Å². The van der Waals surface area contributed by atoms with Crippen LogP contribution in [0.5, 0.6) is 0 Å². The highest BCUT2D eigenvalue weighted by Gasteiger charge is 2.17. The number of fused-ring (bicyclic) bond motifs is 1. The van der Waals surface area contributed by atoms with Crippen molar-refractivity contribution in [3.05, 3.63) is 78.4 Å². The molecule has 0 atom stereocenters. The third-order valence-electron chi connectivity index (χ3n) is 3.85. The summed E-state index contributed by atoms with van der Waals surface area (Å²) in [5.41, 5.74) is 4.38. The molecule has 3 nitrogen and oxygen atoms in total. The highest BCUT2D eigenvalue weighted by atomic mass is 19.1. The van der Waals surface area contributed by atoms with Gasteiger partial charge in [0.1, 0.15) is 5.82 Å². The van der Waals surface area contributed by atoms with Crippen LogP contribution in [0.25, 0.3) is 27.9 Å². The average molecular weight is 331 g/mol. The van der Waals surface area contributed by atoms with Crippen molar-refractivity contribution in [2.75, 3.05) is 0 Å². The summed E-state index contributed by atoms with van der Waals surface area (Å²) < 4.78 is 13.9. The summed E-state index contributed by atoms with van der Waals surface area (Å²) >= 11 is 0. The van der Waals surface area contributed by atoms with E-state index in [1.54, 1.807) is 18.5 Å². The summed E-state index contributed by atoms with van der Waals surface area (Å²) in [4.78, 5) is 13.5. The van der Waals surface area contributed by atoms with Crippen molar-refractivity contribution in [1.29, 1.82) is 0 Å². The first kappa shape index (κ1) is 16.7. The molecule has 3 rings (SSSR count). The number of hydrogen-bond acceptors (Lipinski definition) is 3. The van der Waals surface area contributed by atoms with Gasteiger partial charge in [0.25, 0.3) is 0 Å². The number of allylic oxidation sites excluding steroid dienone is 2. The van der Waals surface area contributed by atoms with Gasteiger partial charge in [-0.15, -0.1) is 0 Å². The van der Waals surface area contributed by atoms with Crippen LogP contribution in [0, 0.1) is 12.7 Å². The summed E-state index contributed by atoms with van der Waals surface area (Å²) in [5, 5.41) is 0.675. The minimum atomic E-state index is -0.323. The Labute approximate surface area is 146 Å². The van der Waals surface area contributed by atoms with E-state index in [2.05, 4.69) is 21.5 Å². The van der Waals surface area contributed by atoms with Crippen molar-refractivity contribution >= 4 is 22.8 Å². The van der Waals surface area contributed by atoms with E-state index in [0.29, 0.717) is 16.6 Å². The lowest BCUT2D eigenvalue weighted by molar-refractivity contribution is 0.629. The Morgan fingerprint density at radius 2 is 2.08 bits per heavy atom. The van der Waals surface area contributed by atoms with Crippen molar-refractivity contribution in [3.63, 3.8) is 0 Å². The second kappa shape index (κ2) is 7.18. The largest absolute Gasteiger partial charge is 0.257 e. The molecule has 124 valence electrons. The molecule has 0 saturated carbocycles. The standard InChI is InChI=1S/C21H18FN3/c1-4-5-11-23-14(2)20-17-13-16(22)9-10-18(17)25-15(3)21(20)19-8-6-7-12-24-19/h4-13H,2H2,1,3H3/b5-4-,23-11?. The molecule has 0 saturated heterocycles. The maximum Gasteiger partial charge on any atom is 0.123 e. The Morgan fingerprint density at radius 3 is 2.80 bits per heavy atom. The lowest BCUT2D eigenvalue weighted by Crippen LogP contribution is -1.99. The Balaban J connectivity index is 2.35. The van der Waals surface area contributed by atoms with Gasteiger partial charge in [-0.1, -0.05) is 18.7 Å². The molecule has 0 amide bonds. The number of rotatable bonds is 4. The number of aromatic nitrogens is 2. The van der Waals surface area contributed by atoms with Crippen molar-refractivity contribution in [1.82, 2.24) is 9.97 Å². The van der Waals surface area contributed by atoms with Gasteiger partial charge in [-0.25, -0.2) is 4.39 Å². The molecule has 0 fully saturated rings. The first-order valence-electron chi connectivity index (χ1n) is 7.97. The average Bonchev–Trinajstić information content (AvgIpc) is 2.62. The van der Waals surface area contributed by atoms with Crippen LogP contribution in [0.15, 0.2) is 66.3 Å². The third-order valence-corrected chi connectivity index (χ3v) is 3.85. The van der Waals surface area contributed by atoms with Crippen molar-refractivity contribution in [2.24, 2.45) is 4.99 Å². The van der Waals surface area contributed by atoms with E-state index in [9.17, 15) is 4.39 Å². The Hall–Kier alpha value is -3.14. The number of aliphatic imine (C=N–C) groups is 1. The second-order valence-electron chi connectivity index (χ2n) is 5.57. The van der Waals surface area contributed by atoms with Crippen molar-refractivity contribution in [3.8, 4) is 11.3 Å². The van der Waals surface area contributed by atoms with Gasteiger partial charge in [0.15, 0.2) is 0 Å². The van der Waals surface area contributed by atoms with Gasteiger partial charge in [0.2, 0.25) is 0 Å². The summed E-state index contributed by atoms with van der Waals surface area (Å²) in [7, 11) is 0. The van der Waals surface area contributed by atoms with Crippen LogP contribution in [0.3, 0.4) is 0 Å². The third kappa shape index (κ3) is 3.38. The van der Waals surface area contributed by atoms with Crippen molar-refractivity contribution < 1.29 is 4.39 Å². The minimum absolute atomic E-state index is 0.323. The summed E-state index contributed by atoms with van der Waals surface area (Å²) in [6, 6.07) is 10.2. The molecule has 0 N–H and O–H groups in total. The Kier molecular flexibility index (Phi) is 4.80. The van der Waals surface area contributed by atoms with Crippen LogP contribution >= 0.6 is 0 Å². The monoisotopic (exact) mass is 331 g/mol. The Morgan fingerprint density at radius 1 is 1.24 bits per heavy atom. The summed E-state index contributed by atoms with van der Waals surface area (Å²) in [5.74, 6) is -0.323. The van der Waals surface area contributed by atoms with Crippen LogP contribution in [0.2, 0.25) is 0 Å². The quantitative estimate of drug-likeness (QED) is 0.603. The maximum absolute atomic E-state index is 13.9. The number of aryl methyl sites for hydroxylation is 1. The highest BCUT2D eigenvalue weighted by molar-refractivity contribution is 5.99. The molecular formula is C21H18FN3. The van der Waals surface area contributed by atoms with Gasteiger partial charge < -0.3 is 0 Å². The molecule has 25 heavy (non-hydrogen) atoms. The number of halogens is 1. The second-order valence-corrected chi connectivity index (χ2v) is 5.57. The fourth-order valence-corrected chi connectivity index (χ4v) is 2.77. The topological polar surface area (TPSA) is 38.1 Å². The predicted molar refractivity (Wildman–Crippen MR) is 102 cm³/mol. The van der Waals surface area contributed by atoms with Gasteiger partial charge >= 0.3 is 0 Å². The fraction of sp³-hybridized carbons (Fsp3) is 0.0952. The fourth-order valence-electron chi connectivity index (χ4n) is 2.77. The number of pyridine rings is 2. The van der Waals surface area contributed by atoms with Gasteiger partial charge in [-0.3, -0.25) is 15.0 Å². The molecule has 1 aromatic carbocycles. The zero-order valence-electron chi connectivity index (χ0n) is 14.2. The molecule has 0 spiro atoms. The number of hydrogen-bond donors (Lipinski definition) is 0. The zero-order chi connectivity index (χ0) is 17.8. The van der Waals surface area contributed by atoms with E-state index < -0.39 is 0 Å². The Bertz CT molecular complexity index is 989. The smallest absolute Gasteiger partial charge is 0.123 e. The van der Waals surface area contributed by atoms with E-state index in [0.717, 1.165) is 22.5 Å². The van der Waals surface area contributed by atoms with Crippen LogP contribution in [0.1, 0.15) is 18.2 Å². The molecule has 0 aliphatic carbocycles. The molecule has 2 heterocycles. The van der Waals surface area contributed by atoms with Gasteiger partial charge in [-0.05, 0) is 50.3 Å². The molecule has 0 aliphatic heterocycles. The SMILES string of the molecule is C=C(N=C/C=C\C)c1c(-c2ccccn2)c(C)nc2ccc(F)cc12. The highest BCUT2D eigenvalue weighted by Crippen LogP contribution is 2.35. The predicted octanol–water partition coefficient (Wildman–Crippen LogP) is 5.36. The normalized spacial score (nSPS) is 11.6. The van der Waals surface area contributed by atoms with Crippen LogP contribution in [0.4, 0.5) is 4.39 Å². The molecule has 0 unspecified atom stereocenters. The molecule has 0 radical (unpaired) electrons. The summed E-state index contributed by atoms with van der Waals surface area (Å²) in [6.07, 6.45) is 7.10. The lowest BCUT2D eigenvalue weighted by Gasteiger charge is -2.15. The van der Waals surface area contributed by atoms with Crippen LogP contribution in [-0.2, 0) is 0 Å². The maximum atomic E-state index is 13.9. The molecule has 2 aromatic heterocycles. The van der Waals surface area contributed by atoms with Crippen LogP contribution in [-0.4, -0.2) is 16.2 Å². The van der Waals surface area contributed by atoms with Crippen molar-refractivity contribution in [2.45, 2.75) is 13.8 Å². The van der Waals surface area contributed by atoms with E-state index >= 15 is 0 Å². The van der Waals surface area contributed by atoms with Gasteiger partial charge in [0.05, 0.1) is 16.9 Å². The van der Waals surface area contributed by atoms with E-state index in [-0.39, 0.29) is 5.82 Å². The minimum Gasteiger partial charge on any atom is -0.257 e. The molecule has 0 bridgehead atoms. The first-order chi connectivity index (χ1) is 12.1. The molecule has 3 aromatic rings. The first-order valence-corrected chi connectivity index (χ1v) is 7.97. The number of nitrogens with zero attached hydrogens (tertiary/aromatic N) is 3. The molecule has 0 aliphatic rings. The molecular weight excluding hydrogens is 313 g/mol. The molecule has 4 heteroatoms. The van der Waals surface area contributed by atoms with Gasteiger partial charge in [0, 0.05) is 34.6 Å². The van der Waals surface area contributed by atoms with E-state index in [1.807, 2.05) is 44.2 Å². The zero-order valence-corrected chi connectivity index (χ0v) is 14.2. The van der Waals surface area contributed by atoms with E-state index in [4.69, 9.17) is 0 Å². The number of benzene rings is 1.